The average molecular weight is 227 g/mol. The van der Waals surface area contributed by atoms with Crippen molar-refractivity contribution in [3.05, 3.63) is 46.5 Å². The average Bonchev–Trinajstić information content (AvgIpc) is 2.03. The third-order valence-electron chi connectivity index (χ3n) is 1.70. The van der Waals surface area contributed by atoms with E-state index in [0.29, 0.717) is 0 Å². The van der Waals surface area contributed by atoms with Crippen molar-refractivity contribution in [3.63, 3.8) is 0 Å². The van der Waals surface area contributed by atoms with Gasteiger partial charge in [0.1, 0.15) is 0 Å². The summed E-state index contributed by atoms with van der Waals surface area (Å²) in [4.78, 5) is 0. The first-order chi connectivity index (χ1) is 5.65. The van der Waals surface area contributed by atoms with Crippen LogP contribution in [0.15, 0.2) is 35.3 Å². The molecule has 0 radical (unpaired) electrons. The minimum atomic E-state index is -0.583. The van der Waals surface area contributed by atoms with E-state index in [1.165, 1.54) is 11.6 Å². The fourth-order valence-electron chi connectivity index (χ4n) is 0.999. The second-order valence-electron chi connectivity index (χ2n) is 2.71. The predicted octanol–water partition coefficient (Wildman–Crippen LogP) is 2.98. The third kappa shape index (κ3) is 1.96. The predicted molar refractivity (Wildman–Crippen MR) is 54.0 cm³/mol. The molecule has 0 aliphatic rings. The molecule has 0 aromatic heterocycles. The Morgan fingerprint density at radius 1 is 1.58 bits per heavy atom. The third-order valence-corrected chi connectivity index (χ3v) is 2.38. The van der Waals surface area contributed by atoms with Crippen molar-refractivity contribution in [3.8, 4) is 0 Å². The van der Waals surface area contributed by atoms with Crippen LogP contribution < -0.4 is 0 Å². The highest BCUT2D eigenvalue weighted by Crippen LogP contribution is 2.24. The quantitative estimate of drug-likeness (QED) is 0.770. The number of halogens is 1. The van der Waals surface area contributed by atoms with Crippen molar-refractivity contribution in [2.75, 3.05) is 0 Å². The molecule has 0 unspecified atom stereocenters. The number of aliphatic hydroxyl groups is 1. The first kappa shape index (κ1) is 9.49. The molecule has 0 heterocycles. The van der Waals surface area contributed by atoms with Crippen molar-refractivity contribution < 1.29 is 5.11 Å². The minimum Gasteiger partial charge on any atom is -0.384 e. The highest BCUT2D eigenvalue weighted by molar-refractivity contribution is 9.10. The molecule has 64 valence electrons. The van der Waals surface area contributed by atoms with Crippen LogP contribution >= 0.6 is 15.9 Å². The van der Waals surface area contributed by atoms with Crippen LogP contribution in [0.5, 0.6) is 0 Å². The van der Waals surface area contributed by atoms with Crippen LogP contribution in [0.4, 0.5) is 0 Å². The van der Waals surface area contributed by atoms with E-state index < -0.39 is 6.10 Å². The lowest BCUT2D eigenvalue weighted by Gasteiger charge is -2.08. The van der Waals surface area contributed by atoms with Gasteiger partial charge in [-0.3, -0.25) is 0 Å². The SMILES string of the molecule is C=C[C@@H](O)c1ccc(C)cc1Br. The maximum Gasteiger partial charge on any atom is 0.0980 e. The van der Waals surface area contributed by atoms with Crippen molar-refractivity contribution in [2.24, 2.45) is 0 Å². The second kappa shape index (κ2) is 3.87. The maximum absolute atomic E-state index is 9.45. The molecule has 1 rings (SSSR count). The molecule has 0 spiro atoms. The molecule has 0 saturated carbocycles. The summed E-state index contributed by atoms with van der Waals surface area (Å²) in [5.74, 6) is 0. The minimum absolute atomic E-state index is 0.583. The molecule has 0 saturated heterocycles. The lowest BCUT2D eigenvalue weighted by Crippen LogP contribution is -1.93. The van der Waals surface area contributed by atoms with E-state index in [1.54, 1.807) is 0 Å². The van der Waals surface area contributed by atoms with Crippen LogP contribution in [0.3, 0.4) is 0 Å². The van der Waals surface area contributed by atoms with Gasteiger partial charge < -0.3 is 5.11 Å². The molecule has 0 fully saturated rings. The second-order valence-corrected chi connectivity index (χ2v) is 3.56. The van der Waals surface area contributed by atoms with Gasteiger partial charge in [0, 0.05) is 4.47 Å². The van der Waals surface area contributed by atoms with Crippen LogP contribution in [0.25, 0.3) is 0 Å². The van der Waals surface area contributed by atoms with Gasteiger partial charge in [-0.1, -0.05) is 34.1 Å². The van der Waals surface area contributed by atoms with Gasteiger partial charge in [0.15, 0.2) is 0 Å². The van der Waals surface area contributed by atoms with Gasteiger partial charge >= 0.3 is 0 Å². The van der Waals surface area contributed by atoms with Crippen LogP contribution in [-0.2, 0) is 0 Å². The Balaban J connectivity index is 3.09. The lowest BCUT2D eigenvalue weighted by atomic mass is 10.1. The highest BCUT2D eigenvalue weighted by atomic mass is 79.9. The van der Waals surface area contributed by atoms with Crippen molar-refractivity contribution >= 4 is 15.9 Å². The topological polar surface area (TPSA) is 20.2 Å². The molecule has 1 aromatic carbocycles. The Labute approximate surface area is 80.9 Å². The molecule has 0 bridgehead atoms. The first-order valence-electron chi connectivity index (χ1n) is 3.72. The van der Waals surface area contributed by atoms with Crippen LogP contribution in [0, 0.1) is 6.92 Å². The molecule has 12 heavy (non-hydrogen) atoms. The summed E-state index contributed by atoms with van der Waals surface area (Å²) in [6, 6.07) is 5.83. The zero-order valence-electron chi connectivity index (χ0n) is 6.92. The molecule has 1 nitrogen and oxygen atoms in total. The summed E-state index contributed by atoms with van der Waals surface area (Å²) in [6.07, 6.45) is 0.926. The standard InChI is InChI=1S/C10H11BrO/c1-3-10(12)8-5-4-7(2)6-9(8)11/h3-6,10,12H,1H2,2H3/t10-/m1/s1. The highest BCUT2D eigenvalue weighted by Gasteiger charge is 2.06. The van der Waals surface area contributed by atoms with Crippen LogP contribution in [0.2, 0.25) is 0 Å². The zero-order chi connectivity index (χ0) is 9.14. The summed E-state index contributed by atoms with van der Waals surface area (Å²) in [6.45, 7) is 5.54. The number of aliphatic hydroxyl groups excluding tert-OH is 1. The molecule has 2 heteroatoms. The van der Waals surface area contributed by atoms with Gasteiger partial charge in [-0.15, -0.1) is 6.58 Å². The van der Waals surface area contributed by atoms with Crippen molar-refractivity contribution in [2.45, 2.75) is 13.0 Å². The fourth-order valence-corrected chi connectivity index (χ4v) is 1.73. The van der Waals surface area contributed by atoms with E-state index in [4.69, 9.17) is 0 Å². The Hall–Kier alpha value is -0.600. The van der Waals surface area contributed by atoms with Gasteiger partial charge in [-0.05, 0) is 24.1 Å². The van der Waals surface area contributed by atoms with Gasteiger partial charge in [-0.2, -0.15) is 0 Å². The number of benzene rings is 1. The van der Waals surface area contributed by atoms with E-state index >= 15 is 0 Å². The molecule has 0 aliphatic carbocycles. The van der Waals surface area contributed by atoms with Gasteiger partial charge in [0.2, 0.25) is 0 Å². The Kier molecular flexibility index (Phi) is 3.06. The lowest BCUT2D eigenvalue weighted by molar-refractivity contribution is 0.228. The van der Waals surface area contributed by atoms with Crippen LogP contribution in [-0.4, -0.2) is 5.11 Å². The molecular formula is C10H11BrO. The Morgan fingerprint density at radius 3 is 2.75 bits per heavy atom. The van der Waals surface area contributed by atoms with Crippen LogP contribution in [0.1, 0.15) is 17.2 Å². The van der Waals surface area contributed by atoms with E-state index in [1.807, 2.05) is 25.1 Å². The van der Waals surface area contributed by atoms with Gasteiger partial charge in [0.05, 0.1) is 6.10 Å². The monoisotopic (exact) mass is 226 g/mol. The van der Waals surface area contributed by atoms with E-state index in [9.17, 15) is 5.11 Å². The molecule has 1 N–H and O–H groups in total. The van der Waals surface area contributed by atoms with E-state index in [-0.39, 0.29) is 0 Å². The number of rotatable bonds is 2. The van der Waals surface area contributed by atoms with Crippen molar-refractivity contribution in [1.29, 1.82) is 0 Å². The number of aryl methyl sites for hydroxylation is 1. The maximum atomic E-state index is 9.45. The molecule has 1 atom stereocenters. The molecule has 0 amide bonds. The largest absolute Gasteiger partial charge is 0.384 e. The van der Waals surface area contributed by atoms with Crippen molar-refractivity contribution in [1.82, 2.24) is 0 Å². The van der Waals surface area contributed by atoms with Gasteiger partial charge in [-0.25, -0.2) is 0 Å². The summed E-state index contributed by atoms with van der Waals surface area (Å²) >= 11 is 3.38. The summed E-state index contributed by atoms with van der Waals surface area (Å²) in [5.41, 5.74) is 2.03. The zero-order valence-corrected chi connectivity index (χ0v) is 8.51. The Morgan fingerprint density at radius 2 is 2.25 bits per heavy atom. The number of hydrogen-bond acceptors (Lipinski definition) is 1. The molecule has 0 aliphatic heterocycles. The van der Waals surface area contributed by atoms with E-state index in [0.717, 1.165) is 10.0 Å². The van der Waals surface area contributed by atoms with Gasteiger partial charge in [0.25, 0.3) is 0 Å². The summed E-state index contributed by atoms with van der Waals surface area (Å²) in [7, 11) is 0. The van der Waals surface area contributed by atoms with E-state index in [2.05, 4.69) is 22.5 Å². The summed E-state index contributed by atoms with van der Waals surface area (Å²) < 4.78 is 0.926. The smallest absolute Gasteiger partial charge is 0.0980 e. The fraction of sp³-hybridized carbons (Fsp3) is 0.200. The normalized spacial score (nSPS) is 12.6. The first-order valence-corrected chi connectivity index (χ1v) is 4.51. The molecule has 1 aromatic rings. The molecular weight excluding hydrogens is 216 g/mol. The Bertz CT molecular complexity index is 294. The number of hydrogen-bond donors (Lipinski definition) is 1. The summed E-state index contributed by atoms with van der Waals surface area (Å²) in [5, 5.41) is 9.45.